The third-order valence-electron chi connectivity index (χ3n) is 3.86. The van der Waals surface area contributed by atoms with Crippen LogP contribution >= 0.6 is 34.5 Å². The molecule has 2 aromatic heterocycles. The van der Waals surface area contributed by atoms with E-state index in [1.54, 1.807) is 24.4 Å². The molecule has 3 rings (SSSR count). The molecule has 0 unspecified atom stereocenters. The van der Waals surface area contributed by atoms with Gasteiger partial charge in [-0.3, -0.25) is 5.41 Å². The van der Waals surface area contributed by atoms with Crippen LogP contribution in [-0.4, -0.2) is 22.1 Å². The molecule has 0 aliphatic rings. The molecule has 2 heterocycles. The van der Waals surface area contributed by atoms with Gasteiger partial charge in [-0.2, -0.15) is 5.26 Å². The zero-order valence-corrected chi connectivity index (χ0v) is 16.8. The Hall–Kier alpha value is -2.99. The Kier molecular flexibility index (Phi) is 5.61. The molecule has 0 fully saturated rings. The second kappa shape index (κ2) is 7.94. The highest BCUT2D eigenvalue weighted by Gasteiger charge is 2.26. The van der Waals surface area contributed by atoms with Crippen LogP contribution in [0.15, 0.2) is 29.4 Å². The van der Waals surface area contributed by atoms with Gasteiger partial charge in [-0.1, -0.05) is 29.3 Å². The summed E-state index contributed by atoms with van der Waals surface area (Å²) in [5.41, 5.74) is 14.5. The van der Waals surface area contributed by atoms with E-state index >= 15 is 0 Å². The van der Waals surface area contributed by atoms with Gasteiger partial charge in [0.25, 0.3) is 0 Å². The lowest BCUT2D eigenvalue weighted by Crippen LogP contribution is -2.12. The minimum atomic E-state index is 0.0865. The van der Waals surface area contributed by atoms with Gasteiger partial charge in [-0.15, -0.1) is 11.3 Å². The number of aryl methyl sites for hydroxylation is 1. The number of rotatable bonds is 4. The first-order valence-corrected chi connectivity index (χ1v) is 9.39. The van der Waals surface area contributed by atoms with Crippen LogP contribution in [0.1, 0.15) is 16.0 Å². The van der Waals surface area contributed by atoms with E-state index in [1.165, 1.54) is 11.3 Å². The number of nitrogens with zero attached hydrogens (tertiary/aromatic N) is 4. The summed E-state index contributed by atoms with van der Waals surface area (Å²) >= 11 is 13.6. The van der Waals surface area contributed by atoms with E-state index in [2.05, 4.69) is 21.0 Å². The number of aliphatic imine (C=N–C) groups is 1. The van der Waals surface area contributed by atoms with Crippen LogP contribution in [0.25, 0.3) is 21.7 Å². The number of thiophene rings is 1. The van der Waals surface area contributed by atoms with Crippen molar-refractivity contribution < 1.29 is 0 Å². The van der Waals surface area contributed by atoms with Crippen molar-refractivity contribution in [1.82, 2.24) is 9.97 Å². The zero-order valence-electron chi connectivity index (χ0n) is 14.5. The summed E-state index contributed by atoms with van der Waals surface area (Å²) in [5, 5.41) is 18.0. The van der Waals surface area contributed by atoms with Gasteiger partial charge in [0.05, 0.1) is 21.0 Å². The Labute approximate surface area is 174 Å². The van der Waals surface area contributed by atoms with Crippen molar-refractivity contribution in [2.75, 3.05) is 5.73 Å². The fourth-order valence-corrected chi connectivity index (χ4v) is 4.38. The van der Waals surface area contributed by atoms with E-state index in [1.807, 2.05) is 6.92 Å². The lowest BCUT2D eigenvalue weighted by Gasteiger charge is -2.07. The van der Waals surface area contributed by atoms with Gasteiger partial charge < -0.3 is 11.5 Å². The molecule has 0 spiro atoms. The topological polar surface area (TPSA) is 138 Å². The smallest absolute Gasteiger partial charge is 0.220 e. The second-order valence-corrected chi connectivity index (χ2v) is 7.51. The monoisotopic (exact) mass is 429 g/mol. The third-order valence-corrected chi connectivity index (χ3v) is 5.63. The lowest BCUT2D eigenvalue weighted by atomic mass is 9.99. The summed E-state index contributed by atoms with van der Waals surface area (Å²) in [6.45, 7) is 1.82. The zero-order chi connectivity index (χ0) is 20.4. The van der Waals surface area contributed by atoms with E-state index in [0.29, 0.717) is 42.2 Å². The maximum Gasteiger partial charge on any atom is 0.220 e. The van der Waals surface area contributed by atoms with E-state index in [-0.39, 0.29) is 11.8 Å². The Balaban J connectivity index is 2.42. The number of amidine groups is 1. The molecule has 0 aliphatic carbocycles. The molecular formula is C18H13Cl2N7S. The average molecular weight is 430 g/mol. The summed E-state index contributed by atoms with van der Waals surface area (Å²) < 4.78 is 0. The normalized spacial score (nSPS) is 11.3. The van der Waals surface area contributed by atoms with E-state index < -0.39 is 0 Å². The van der Waals surface area contributed by atoms with Crippen LogP contribution in [0.4, 0.5) is 5.95 Å². The van der Waals surface area contributed by atoms with Gasteiger partial charge in [-0.25, -0.2) is 15.0 Å². The van der Waals surface area contributed by atoms with E-state index in [4.69, 9.17) is 40.1 Å². The Bertz CT molecular complexity index is 1160. The Morgan fingerprint density at radius 2 is 2.14 bits per heavy atom. The number of nitrogens with two attached hydrogens (primary N) is 2. The number of hydrogen-bond acceptors (Lipinski definition) is 6. The average Bonchev–Trinajstić information content (AvgIpc) is 3.03. The standard InChI is InChI=1S/C18H13Cl2N7S/c1-8-6-25-18(24)27-14(8)15-11(5-21)13(16(28-15)17(23)26-7-22)10-3-2-9(19)4-12(10)20/h2-4,6-7H,1H3,(H3,22,23,26)(H2,24,25,27). The highest BCUT2D eigenvalue weighted by molar-refractivity contribution is 7.18. The molecule has 0 saturated carbocycles. The SMILES string of the molecule is Cc1cnc(N)nc1-c1sc(C(N)=NC=N)c(-c2ccc(Cl)cc2Cl)c1C#N. The molecule has 1 aromatic carbocycles. The number of nitriles is 1. The molecule has 3 aromatic rings. The first kappa shape index (κ1) is 19.8. The minimum Gasteiger partial charge on any atom is -0.382 e. The van der Waals surface area contributed by atoms with Gasteiger partial charge in [-0.05, 0) is 24.6 Å². The number of anilines is 1. The molecule has 10 heteroatoms. The molecule has 7 nitrogen and oxygen atoms in total. The summed E-state index contributed by atoms with van der Waals surface area (Å²) in [6, 6.07) is 7.18. The molecule has 0 amide bonds. The van der Waals surface area contributed by atoms with Crippen LogP contribution in [-0.2, 0) is 0 Å². The number of halogens is 2. The fraction of sp³-hybridized carbons (Fsp3) is 0.0556. The first-order chi connectivity index (χ1) is 13.4. The van der Waals surface area contributed by atoms with Crippen molar-refractivity contribution in [3.05, 3.63) is 50.4 Å². The fourth-order valence-electron chi connectivity index (χ4n) is 2.65. The van der Waals surface area contributed by atoms with Crippen LogP contribution in [0.2, 0.25) is 10.0 Å². The predicted octanol–water partition coefficient (Wildman–Crippen LogP) is 4.25. The van der Waals surface area contributed by atoms with Crippen LogP contribution in [0, 0.1) is 23.7 Å². The van der Waals surface area contributed by atoms with Crippen molar-refractivity contribution in [3.63, 3.8) is 0 Å². The first-order valence-electron chi connectivity index (χ1n) is 7.81. The van der Waals surface area contributed by atoms with Crippen molar-refractivity contribution >= 4 is 52.7 Å². The Morgan fingerprint density at radius 1 is 1.39 bits per heavy atom. The number of hydrogen-bond donors (Lipinski definition) is 3. The summed E-state index contributed by atoms with van der Waals surface area (Å²) in [7, 11) is 0. The molecule has 0 bridgehead atoms. The molecule has 5 N–H and O–H groups in total. The van der Waals surface area contributed by atoms with Crippen molar-refractivity contribution in [2.24, 2.45) is 10.7 Å². The third kappa shape index (κ3) is 3.55. The van der Waals surface area contributed by atoms with Gasteiger partial charge in [0.2, 0.25) is 5.95 Å². The van der Waals surface area contributed by atoms with Gasteiger partial charge >= 0.3 is 0 Å². The molecule has 0 saturated heterocycles. The quantitative estimate of drug-likeness (QED) is 0.420. The van der Waals surface area contributed by atoms with Crippen LogP contribution < -0.4 is 11.5 Å². The predicted molar refractivity (Wildman–Crippen MR) is 114 cm³/mol. The maximum atomic E-state index is 9.94. The lowest BCUT2D eigenvalue weighted by molar-refractivity contribution is 1.15. The Morgan fingerprint density at radius 3 is 2.79 bits per heavy atom. The molecule has 0 atom stereocenters. The van der Waals surface area contributed by atoms with Crippen LogP contribution in [0.5, 0.6) is 0 Å². The molecule has 0 radical (unpaired) electrons. The minimum absolute atomic E-state index is 0.0865. The molecular weight excluding hydrogens is 417 g/mol. The number of benzene rings is 1. The summed E-state index contributed by atoms with van der Waals surface area (Å²) in [5.74, 6) is 0.176. The highest BCUT2D eigenvalue weighted by Crippen LogP contribution is 2.44. The van der Waals surface area contributed by atoms with Crippen molar-refractivity contribution in [1.29, 1.82) is 10.7 Å². The number of aromatic nitrogens is 2. The van der Waals surface area contributed by atoms with Crippen LogP contribution in [0.3, 0.4) is 0 Å². The number of nitrogens with one attached hydrogen (secondary N) is 1. The van der Waals surface area contributed by atoms with Gasteiger partial charge in [0, 0.05) is 27.4 Å². The second-order valence-electron chi connectivity index (χ2n) is 5.65. The summed E-state index contributed by atoms with van der Waals surface area (Å²) in [4.78, 5) is 13.2. The largest absolute Gasteiger partial charge is 0.382 e. The highest BCUT2D eigenvalue weighted by atomic mass is 35.5. The maximum absolute atomic E-state index is 9.94. The van der Waals surface area contributed by atoms with E-state index in [0.717, 1.165) is 11.9 Å². The van der Waals surface area contributed by atoms with Gasteiger partial charge in [0.15, 0.2) is 0 Å². The van der Waals surface area contributed by atoms with E-state index in [9.17, 15) is 5.26 Å². The van der Waals surface area contributed by atoms with Gasteiger partial charge in [0.1, 0.15) is 18.2 Å². The summed E-state index contributed by atoms with van der Waals surface area (Å²) in [6.07, 6.45) is 2.42. The molecule has 140 valence electrons. The van der Waals surface area contributed by atoms with Crippen molar-refractivity contribution in [2.45, 2.75) is 6.92 Å². The molecule has 0 aliphatic heterocycles. The number of nitrogen functional groups attached to an aromatic ring is 1. The molecule has 28 heavy (non-hydrogen) atoms. The van der Waals surface area contributed by atoms with Crippen molar-refractivity contribution in [3.8, 4) is 27.8 Å².